The third kappa shape index (κ3) is 7.01. The van der Waals surface area contributed by atoms with Crippen LogP contribution in [0.25, 0.3) is 0 Å². The number of rotatable bonds is 8. The molecule has 9 heteroatoms. The first-order chi connectivity index (χ1) is 15.7. The fourth-order valence-corrected chi connectivity index (χ4v) is 7.16. The number of hydrogen-bond donors (Lipinski definition) is 3. The number of likely N-dealkylation sites (tertiary alicyclic amines) is 1. The Hall–Kier alpha value is -1.48. The summed E-state index contributed by atoms with van der Waals surface area (Å²) < 4.78 is 4.30. The maximum atomic E-state index is 13.7. The molecule has 188 valence electrons. The molecule has 33 heavy (non-hydrogen) atoms. The van der Waals surface area contributed by atoms with E-state index in [1.165, 1.54) is 20.0 Å². The SMILES string of the molecule is COC(=O)NC(C(=O)N1CCCC1C(=O)NCC1CCC(N)CC1)C(C)(C)SC1CCCC1. The number of nitrogens with zero attached hydrogens (tertiary/aromatic N) is 1. The van der Waals surface area contributed by atoms with Gasteiger partial charge >= 0.3 is 6.09 Å². The lowest BCUT2D eigenvalue weighted by Gasteiger charge is -2.38. The highest BCUT2D eigenvalue weighted by molar-refractivity contribution is 8.01. The second-order valence-electron chi connectivity index (χ2n) is 10.4. The molecule has 2 saturated carbocycles. The summed E-state index contributed by atoms with van der Waals surface area (Å²) in [7, 11) is 1.30. The predicted octanol–water partition coefficient (Wildman–Crippen LogP) is 2.79. The number of thioether (sulfide) groups is 1. The van der Waals surface area contributed by atoms with Crippen LogP contribution in [0.3, 0.4) is 0 Å². The van der Waals surface area contributed by atoms with Crippen LogP contribution in [0.5, 0.6) is 0 Å². The average molecular weight is 483 g/mol. The number of ether oxygens (including phenoxy) is 1. The third-order valence-electron chi connectivity index (χ3n) is 7.46. The first-order valence-electron chi connectivity index (χ1n) is 12.6. The molecule has 0 spiro atoms. The molecule has 3 amide bonds. The standard InChI is InChI=1S/C24H42N4O4S/c1-24(2,33-18-7-4-5-8-18)20(27-23(31)32-3)22(30)28-14-6-9-19(28)21(29)26-15-16-10-12-17(25)13-11-16/h16-20H,4-15,25H2,1-3H3,(H,26,29)(H,27,31). The van der Waals surface area contributed by atoms with Crippen molar-refractivity contribution in [3.8, 4) is 0 Å². The van der Waals surface area contributed by atoms with Crippen LogP contribution in [0.1, 0.15) is 78.1 Å². The average Bonchev–Trinajstić information content (AvgIpc) is 3.48. The Bertz CT molecular complexity index is 690. The molecule has 0 bridgehead atoms. The van der Waals surface area contributed by atoms with Gasteiger partial charge in [0, 0.05) is 29.1 Å². The number of nitrogens with one attached hydrogen (secondary N) is 2. The fraction of sp³-hybridized carbons (Fsp3) is 0.875. The van der Waals surface area contributed by atoms with Gasteiger partial charge in [-0.2, -0.15) is 0 Å². The smallest absolute Gasteiger partial charge is 0.407 e. The molecule has 1 saturated heterocycles. The van der Waals surface area contributed by atoms with Crippen LogP contribution in [0.4, 0.5) is 4.79 Å². The summed E-state index contributed by atoms with van der Waals surface area (Å²) in [6, 6.07) is -0.967. The van der Waals surface area contributed by atoms with Crippen LogP contribution >= 0.6 is 11.8 Å². The molecular formula is C24H42N4O4S. The number of amides is 3. The number of carbonyl (C=O) groups excluding carboxylic acids is 3. The minimum Gasteiger partial charge on any atom is -0.453 e. The molecule has 3 aliphatic rings. The Morgan fingerprint density at radius 3 is 2.36 bits per heavy atom. The lowest BCUT2D eigenvalue weighted by molar-refractivity contribution is -0.140. The maximum Gasteiger partial charge on any atom is 0.407 e. The first kappa shape index (κ1) is 26.1. The Kier molecular flexibility index (Phi) is 9.33. The molecule has 3 fully saturated rings. The van der Waals surface area contributed by atoms with E-state index in [4.69, 9.17) is 10.5 Å². The summed E-state index contributed by atoms with van der Waals surface area (Å²) >= 11 is 1.77. The van der Waals surface area contributed by atoms with Crippen LogP contribution in [0, 0.1) is 5.92 Å². The van der Waals surface area contributed by atoms with Crippen molar-refractivity contribution in [1.29, 1.82) is 0 Å². The monoisotopic (exact) mass is 482 g/mol. The lowest BCUT2D eigenvalue weighted by atomic mass is 9.86. The maximum absolute atomic E-state index is 13.7. The van der Waals surface area contributed by atoms with E-state index in [0.29, 0.717) is 30.7 Å². The van der Waals surface area contributed by atoms with E-state index < -0.39 is 22.9 Å². The topological polar surface area (TPSA) is 114 Å². The van der Waals surface area contributed by atoms with Crippen molar-refractivity contribution < 1.29 is 19.1 Å². The highest BCUT2D eigenvalue weighted by Crippen LogP contribution is 2.40. The fourth-order valence-electron chi connectivity index (χ4n) is 5.44. The number of nitrogens with two attached hydrogens (primary N) is 1. The number of hydrogen-bond acceptors (Lipinski definition) is 6. The molecule has 0 radical (unpaired) electrons. The van der Waals surface area contributed by atoms with Crippen molar-refractivity contribution in [1.82, 2.24) is 15.5 Å². The Morgan fingerprint density at radius 2 is 1.73 bits per heavy atom. The third-order valence-corrected chi connectivity index (χ3v) is 9.11. The Morgan fingerprint density at radius 1 is 1.06 bits per heavy atom. The van der Waals surface area contributed by atoms with Crippen molar-refractivity contribution in [3.63, 3.8) is 0 Å². The molecule has 2 atom stereocenters. The van der Waals surface area contributed by atoms with E-state index in [0.717, 1.165) is 44.9 Å². The van der Waals surface area contributed by atoms with Crippen molar-refractivity contribution in [2.45, 2.75) is 106 Å². The molecule has 3 rings (SSSR count). The van der Waals surface area contributed by atoms with Crippen molar-refractivity contribution in [2.24, 2.45) is 11.7 Å². The molecule has 0 aromatic rings. The van der Waals surface area contributed by atoms with Gasteiger partial charge in [0.2, 0.25) is 11.8 Å². The minimum atomic E-state index is -0.760. The molecule has 0 aromatic carbocycles. The lowest BCUT2D eigenvalue weighted by Crippen LogP contribution is -2.60. The predicted molar refractivity (Wildman–Crippen MR) is 131 cm³/mol. The van der Waals surface area contributed by atoms with Crippen LogP contribution in [0.15, 0.2) is 0 Å². The van der Waals surface area contributed by atoms with E-state index in [-0.39, 0.29) is 17.9 Å². The van der Waals surface area contributed by atoms with Crippen molar-refractivity contribution >= 4 is 29.7 Å². The summed E-state index contributed by atoms with van der Waals surface area (Å²) in [6.45, 7) is 5.18. The van der Waals surface area contributed by atoms with Gasteiger partial charge in [-0.25, -0.2) is 4.79 Å². The zero-order valence-electron chi connectivity index (χ0n) is 20.4. The second kappa shape index (κ2) is 11.8. The summed E-state index contributed by atoms with van der Waals surface area (Å²) in [4.78, 5) is 40.6. The van der Waals surface area contributed by atoms with E-state index in [2.05, 4.69) is 10.6 Å². The van der Waals surface area contributed by atoms with Gasteiger partial charge < -0.3 is 26.0 Å². The van der Waals surface area contributed by atoms with Gasteiger partial charge in [0.05, 0.1) is 7.11 Å². The normalized spacial score (nSPS) is 27.3. The van der Waals surface area contributed by atoms with Gasteiger partial charge in [0.25, 0.3) is 0 Å². The number of methoxy groups -OCH3 is 1. The highest BCUT2D eigenvalue weighted by Gasteiger charge is 2.45. The molecule has 0 aromatic heterocycles. The van der Waals surface area contributed by atoms with E-state index >= 15 is 0 Å². The Labute approximate surface area is 202 Å². The molecule has 4 N–H and O–H groups in total. The van der Waals surface area contributed by atoms with Gasteiger partial charge in [0.15, 0.2) is 0 Å². The van der Waals surface area contributed by atoms with Crippen LogP contribution in [0.2, 0.25) is 0 Å². The molecule has 1 aliphatic heterocycles. The summed E-state index contributed by atoms with van der Waals surface area (Å²) in [6.07, 6.45) is 9.56. The number of alkyl carbamates (subject to hydrolysis) is 1. The minimum absolute atomic E-state index is 0.0891. The summed E-state index contributed by atoms with van der Waals surface area (Å²) in [5.41, 5.74) is 5.99. The molecule has 2 aliphatic carbocycles. The van der Waals surface area contributed by atoms with Gasteiger partial charge in [-0.05, 0) is 71.1 Å². The molecule has 1 heterocycles. The summed E-state index contributed by atoms with van der Waals surface area (Å²) in [5, 5.41) is 6.36. The number of carbonyl (C=O) groups is 3. The van der Waals surface area contributed by atoms with E-state index in [1.54, 1.807) is 16.7 Å². The largest absolute Gasteiger partial charge is 0.453 e. The van der Waals surface area contributed by atoms with E-state index in [1.807, 2.05) is 13.8 Å². The zero-order chi connectivity index (χ0) is 24.0. The van der Waals surface area contributed by atoms with E-state index in [9.17, 15) is 14.4 Å². The van der Waals surface area contributed by atoms with Crippen molar-refractivity contribution in [3.05, 3.63) is 0 Å². The van der Waals surface area contributed by atoms with Crippen LogP contribution in [-0.2, 0) is 14.3 Å². The van der Waals surface area contributed by atoms with Crippen LogP contribution in [-0.4, -0.2) is 71.1 Å². The van der Waals surface area contributed by atoms with Gasteiger partial charge in [0.1, 0.15) is 12.1 Å². The van der Waals surface area contributed by atoms with Crippen molar-refractivity contribution in [2.75, 3.05) is 20.2 Å². The molecule has 8 nitrogen and oxygen atoms in total. The van der Waals surface area contributed by atoms with Gasteiger partial charge in [-0.3, -0.25) is 9.59 Å². The van der Waals surface area contributed by atoms with Crippen LogP contribution < -0.4 is 16.4 Å². The highest BCUT2D eigenvalue weighted by atomic mass is 32.2. The molecular weight excluding hydrogens is 440 g/mol. The summed E-state index contributed by atoms with van der Waals surface area (Å²) in [5.74, 6) is 0.167. The molecule has 2 unspecified atom stereocenters. The first-order valence-corrected chi connectivity index (χ1v) is 13.4. The van der Waals surface area contributed by atoms with Gasteiger partial charge in [-0.15, -0.1) is 11.8 Å². The second-order valence-corrected chi connectivity index (χ2v) is 12.4. The quantitative estimate of drug-likeness (QED) is 0.490. The van der Waals surface area contributed by atoms with Gasteiger partial charge in [-0.1, -0.05) is 12.8 Å². The zero-order valence-corrected chi connectivity index (χ0v) is 21.3. The Balaban J connectivity index is 1.65.